The van der Waals surface area contributed by atoms with Crippen LogP contribution >= 0.6 is 0 Å². The third-order valence-corrected chi connectivity index (χ3v) is 3.89. The van der Waals surface area contributed by atoms with Crippen molar-refractivity contribution in [1.29, 1.82) is 0 Å². The second-order valence-electron chi connectivity index (χ2n) is 5.81. The van der Waals surface area contributed by atoms with Crippen molar-refractivity contribution in [2.75, 3.05) is 10.6 Å². The van der Waals surface area contributed by atoms with Crippen molar-refractivity contribution in [3.63, 3.8) is 0 Å². The van der Waals surface area contributed by atoms with E-state index in [2.05, 4.69) is 10.6 Å². The average Bonchev–Trinajstić information content (AvgIpc) is 2.62. The zero-order valence-electron chi connectivity index (χ0n) is 14.6. The summed E-state index contributed by atoms with van der Waals surface area (Å²) < 4.78 is 0. The maximum Gasteiger partial charge on any atom is 0.303 e. The Labute approximate surface area is 152 Å². The molecule has 26 heavy (non-hydrogen) atoms. The van der Waals surface area contributed by atoms with E-state index in [9.17, 15) is 14.4 Å². The fourth-order valence-electron chi connectivity index (χ4n) is 2.54. The van der Waals surface area contributed by atoms with Gasteiger partial charge in [0.2, 0.25) is 5.91 Å². The molecule has 0 aliphatic rings. The zero-order valence-corrected chi connectivity index (χ0v) is 14.6. The van der Waals surface area contributed by atoms with Crippen molar-refractivity contribution in [2.24, 2.45) is 0 Å². The SMILES string of the molecule is CCc1ccccc1NC(=O)c1ccccc1NC(=O)CCCC(=O)O. The molecule has 3 N–H and O–H groups in total. The number of hydrogen-bond donors (Lipinski definition) is 3. The number of rotatable bonds is 8. The molecule has 0 aliphatic carbocycles. The van der Waals surface area contributed by atoms with Crippen LogP contribution in [0.3, 0.4) is 0 Å². The molecule has 6 heteroatoms. The Balaban J connectivity index is 2.09. The van der Waals surface area contributed by atoms with Crippen LogP contribution in [-0.4, -0.2) is 22.9 Å². The predicted molar refractivity (Wildman–Crippen MR) is 100 cm³/mol. The number of carboxylic acid groups (broad SMARTS) is 1. The Morgan fingerprint density at radius 1 is 0.885 bits per heavy atom. The number of aryl methyl sites for hydroxylation is 1. The van der Waals surface area contributed by atoms with Crippen molar-refractivity contribution in [3.05, 3.63) is 59.7 Å². The highest BCUT2D eigenvalue weighted by Crippen LogP contribution is 2.20. The highest BCUT2D eigenvalue weighted by Gasteiger charge is 2.14. The molecule has 0 saturated heterocycles. The molecule has 0 heterocycles. The number of anilines is 2. The van der Waals surface area contributed by atoms with Crippen LogP contribution in [0.15, 0.2) is 48.5 Å². The molecule has 0 fully saturated rings. The maximum absolute atomic E-state index is 12.6. The molecule has 0 aliphatic heterocycles. The van der Waals surface area contributed by atoms with Crippen LogP contribution in [0.1, 0.15) is 42.1 Å². The Hall–Kier alpha value is -3.15. The van der Waals surface area contributed by atoms with Gasteiger partial charge in [0.05, 0.1) is 11.3 Å². The Morgan fingerprint density at radius 3 is 2.23 bits per heavy atom. The zero-order chi connectivity index (χ0) is 18.9. The van der Waals surface area contributed by atoms with E-state index < -0.39 is 5.97 Å². The van der Waals surface area contributed by atoms with E-state index in [4.69, 9.17) is 5.11 Å². The monoisotopic (exact) mass is 354 g/mol. The first-order valence-corrected chi connectivity index (χ1v) is 8.51. The van der Waals surface area contributed by atoms with Crippen molar-refractivity contribution in [3.8, 4) is 0 Å². The maximum atomic E-state index is 12.6. The average molecular weight is 354 g/mol. The number of benzene rings is 2. The summed E-state index contributed by atoms with van der Waals surface area (Å²) >= 11 is 0. The van der Waals surface area contributed by atoms with E-state index in [1.165, 1.54) is 0 Å². The van der Waals surface area contributed by atoms with Crippen LogP contribution in [0.4, 0.5) is 11.4 Å². The van der Waals surface area contributed by atoms with E-state index in [0.717, 1.165) is 17.7 Å². The van der Waals surface area contributed by atoms with Gasteiger partial charge < -0.3 is 15.7 Å². The number of amides is 2. The third kappa shape index (κ3) is 5.44. The Bertz CT molecular complexity index is 802. The first-order chi connectivity index (χ1) is 12.5. The quantitative estimate of drug-likeness (QED) is 0.673. The second-order valence-corrected chi connectivity index (χ2v) is 5.81. The number of para-hydroxylation sites is 2. The van der Waals surface area contributed by atoms with E-state index in [1.807, 2.05) is 31.2 Å². The second kappa shape index (κ2) is 9.36. The fraction of sp³-hybridized carbons (Fsp3) is 0.250. The number of carbonyl (C=O) groups excluding carboxylic acids is 2. The van der Waals surface area contributed by atoms with Gasteiger partial charge in [0.25, 0.3) is 5.91 Å². The summed E-state index contributed by atoms with van der Waals surface area (Å²) in [5, 5.41) is 14.2. The molecule has 6 nitrogen and oxygen atoms in total. The number of hydrogen-bond acceptors (Lipinski definition) is 3. The smallest absolute Gasteiger partial charge is 0.303 e. The molecular weight excluding hydrogens is 332 g/mol. The molecular formula is C20H22N2O4. The molecule has 0 radical (unpaired) electrons. The van der Waals surface area contributed by atoms with Gasteiger partial charge in [-0.05, 0) is 36.6 Å². The Morgan fingerprint density at radius 2 is 1.54 bits per heavy atom. The largest absolute Gasteiger partial charge is 0.481 e. The summed E-state index contributed by atoms with van der Waals surface area (Å²) in [6, 6.07) is 14.3. The lowest BCUT2D eigenvalue weighted by Crippen LogP contribution is -2.18. The molecule has 0 spiro atoms. The van der Waals surface area contributed by atoms with Crippen LogP contribution in [-0.2, 0) is 16.0 Å². The first kappa shape index (κ1) is 19.2. The van der Waals surface area contributed by atoms with Gasteiger partial charge in [-0.1, -0.05) is 37.3 Å². The summed E-state index contributed by atoms with van der Waals surface area (Å²) in [5.41, 5.74) is 2.52. The van der Waals surface area contributed by atoms with E-state index in [0.29, 0.717) is 11.3 Å². The van der Waals surface area contributed by atoms with Gasteiger partial charge in [-0.15, -0.1) is 0 Å². The fourth-order valence-corrected chi connectivity index (χ4v) is 2.54. The van der Waals surface area contributed by atoms with Crippen LogP contribution in [0.5, 0.6) is 0 Å². The van der Waals surface area contributed by atoms with E-state index in [-0.39, 0.29) is 31.1 Å². The molecule has 0 bridgehead atoms. The molecule has 2 amide bonds. The molecule has 2 aromatic rings. The van der Waals surface area contributed by atoms with Gasteiger partial charge in [-0.25, -0.2) is 0 Å². The lowest BCUT2D eigenvalue weighted by Gasteiger charge is -2.13. The van der Waals surface area contributed by atoms with Crippen molar-refractivity contribution in [1.82, 2.24) is 0 Å². The van der Waals surface area contributed by atoms with Crippen LogP contribution < -0.4 is 10.6 Å². The summed E-state index contributed by atoms with van der Waals surface area (Å²) in [6.07, 6.45) is 1.06. The number of aliphatic carboxylic acids is 1. The van der Waals surface area contributed by atoms with Crippen molar-refractivity contribution in [2.45, 2.75) is 32.6 Å². The number of carbonyl (C=O) groups is 3. The summed E-state index contributed by atoms with van der Waals surface area (Å²) in [6.45, 7) is 2.01. The Kier molecular flexibility index (Phi) is 6.91. The number of nitrogens with one attached hydrogen (secondary N) is 2. The molecule has 2 rings (SSSR count). The molecule has 2 aromatic carbocycles. The highest BCUT2D eigenvalue weighted by atomic mass is 16.4. The van der Waals surface area contributed by atoms with Crippen LogP contribution in [0.2, 0.25) is 0 Å². The molecule has 0 aromatic heterocycles. The minimum atomic E-state index is -0.938. The van der Waals surface area contributed by atoms with Crippen molar-refractivity contribution < 1.29 is 19.5 Å². The summed E-state index contributed by atoms with van der Waals surface area (Å²) in [7, 11) is 0. The minimum absolute atomic E-state index is 0.0661. The normalized spacial score (nSPS) is 10.2. The predicted octanol–water partition coefficient (Wildman–Crippen LogP) is 3.69. The first-order valence-electron chi connectivity index (χ1n) is 8.51. The molecule has 0 atom stereocenters. The standard InChI is InChI=1S/C20H22N2O4/c1-2-14-8-3-5-10-16(14)22-20(26)15-9-4-6-11-17(15)21-18(23)12-7-13-19(24)25/h3-6,8-11H,2,7,12-13H2,1H3,(H,21,23)(H,22,26)(H,24,25). The van der Waals surface area contributed by atoms with Crippen LogP contribution in [0, 0.1) is 0 Å². The summed E-state index contributed by atoms with van der Waals surface area (Å²) in [5.74, 6) is -1.57. The van der Waals surface area contributed by atoms with Gasteiger partial charge in [-0.2, -0.15) is 0 Å². The van der Waals surface area contributed by atoms with E-state index >= 15 is 0 Å². The number of carboxylic acids is 1. The lowest BCUT2D eigenvalue weighted by atomic mass is 10.1. The van der Waals surface area contributed by atoms with Gasteiger partial charge in [0.1, 0.15) is 0 Å². The molecule has 136 valence electrons. The lowest BCUT2D eigenvalue weighted by molar-refractivity contribution is -0.137. The van der Waals surface area contributed by atoms with Gasteiger partial charge in [0, 0.05) is 18.5 Å². The molecule has 0 saturated carbocycles. The van der Waals surface area contributed by atoms with E-state index in [1.54, 1.807) is 24.3 Å². The van der Waals surface area contributed by atoms with Gasteiger partial charge in [-0.3, -0.25) is 14.4 Å². The topological polar surface area (TPSA) is 95.5 Å². The third-order valence-electron chi connectivity index (χ3n) is 3.89. The van der Waals surface area contributed by atoms with Gasteiger partial charge >= 0.3 is 5.97 Å². The van der Waals surface area contributed by atoms with Crippen molar-refractivity contribution >= 4 is 29.2 Å². The molecule has 0 unspecified atom stereocenters. The van der Waals surface area contributed by atoms with Gasteiger partial charge in [0.15, 0.2) is 0 Å². The minimum Gasteiger partial charge on any atom is -0.481 e. The highest BCUT2D eigenvalue weighted by molar-refractivity contribution is 6.10. The summed E-state index contributed by atoms with van der Waals surface area (Å²) in [4.78, 5) is 35.2. The van der Waals surface area contributed by atoms with Crippen LogP contribution in [0.25, 0.3) is 0 Å².